The topological polar surface area (TPSA) is 26.0 Å². The quantitative estimate of drug-likeness (QED) is 0.0477. The van der Waals surface area contributed by atoms with Crippen LogP contribution in [0, 0.1) is 0 Å². The average Bonchev–Trinajstić information content (AvgIpc) is 3.38. The van der Waals surface area contributed by atoms with Crippen LogP contribution >= 0.6 is 0 Å². The van der Waals surface area contributed by atoms with Crippen molar-refractivity contribution in [2.45, 2.75) is 333 Å². The van der Waals surface area contributed by atoms with Gasteiger partial charge < -0.3 is 5.73 Å². The molecular weight excluding hydrogens is 867 g/mol. The van der Waals surface area contributed by atoms with Gasteiger partial charge in [0.1, 0.15) is 0 Å². The van der Waals surface area contributed by atoms with E-state index in [1.165, 1.54) is 243 Å². The minimum absolute atomic E-state index is 0.996. The van der Waals surface area contributed by atoms with Crippen molar-refractivity contribution in [1.82, 2.24) is 0 Å². The summed E-state index contributed by atoms with van der Waals surface area (Å²) in [6.07, 6.45) is 75.0. The summed E-state index contributed by atoms with van der Waals surface area (Å²) in [6, 6.07) is 0. The van der Waals surface area contributed by atoms with Crippen molar-refractivity contribution in [1.29, 1.82) is 0 Å². The summed E-state index contributed by atoms with van der Waals surface area (Å²) >= 11 is 0. The van der Waals surface area contributed by atoms with Crippen LogP contribution in [0.2, 0.25) is 0 Å². The predicted molar refractivity (Wildman–Crippen MR) is 332 cm³/mol. The summed E-state index contributed by atoms with van der Waals surface area (Å²) < 4.78 is 0. The monoisotopic (exact) mass is 992 g/mol. The molecule has 0 saturated carbocycles. The Balaban J connectivity index is 9.46. The molecule has 0 radical (unpaired) electrons. The van der Waals surface area contributed by atoms with Crippen molar-refractivity contribution in [3.8, 4) is 0 Å². The number of allylic oxidation sites excluding steroid dienone is 18. The van der Waals surface area contributed by atoms with E-state index in [-0.39, 0.29) is 0 Å². The molecule has 0 amide bonds. The Labute approximate surface area is 453 Å². The van der Waals surface area contributed by atoms with E-state index in [2.05, 4.69) is 137 Å². The molecule has 0 fully saturated rings. The third kappa shape index (κ3) is 33.9. The first-order valence-corrected chi connectivity index (χ1v) is 32.1. The maximum Gasteiger partial charge on any atom is 0.0350 e. The Morgan fingerprint density at radius 3 is 0.611 bits per heavy atom. The molecule has 0 rings (SSSR count). The summed E-state index contributed by atoms with van der Waals surface area (Å²) in [4.78, 5) is 0. The van der Waals surface area contributed by atoms with E-state index < -0.39 is 0 Å². The fraction of sp³-hybridized carbons (Fsp3) is 0.718. The second kappa shape index (κ2) is 51.7. The largest absolute Gasteiger partial charge is 0.398 e. The van der Waals surface area contributed by atoms with Crippen molar-refractivity contribution in [2.75, 3.05) is 0 Å². The Hall–Kier alpha value is -2.80. The van der Waals surface area contributed by atoms with Crippen LogP contribution in [0.15, 0.2) is 117 Å². The lowest BCUT2D eigenvalue weighted by Gasteiger charge is -2.27. The number of unbranched alkanes of at least 4 members (excludes halogenated alkanes) is 30. The first kappa shape index (κ1) is 69.2. The summed E-state index contributed by atoms with van der Waals surface area (Å²) in [5, 5.41) is 0. The van der Waals surface area contributed by atoms with Gasteiger partial charge in [-0.05, 0) is 180 Å². The average molecular weight is 993 g/mol. The van der Waals surface area contributed by atoms with Gasteiger partial charge in [0, 0.05) is 11.3 Å². The van der Waals surface area contributed by atoms with Gasteiger partial charge in [-0.25, -0.2) is 0 Å². The predicted octanol–water partition coefficient (Wildman–Crippen LogP) is 25.0. The van der Waals surface area contributed by atoms with E-state index in [1.807, 2.05) is 0 Å². The van der Waals surface area contributed by atoms with Gasteiger partial charge >= 0.3 is 0 Å². The summed E-state index contributed by atoms with van der Waals surface area (Å²) in [5.41, 5.74) is 21.7. The van der Waals surface area contributed by atoms with Gasteiger partial charge in [0.25, 0.3) is 0 Å². The van der Waals surface area contributed by atoms with Crippen LogP contribution in [-0.2, 0) is 0 Å². The summed E-state index contributed by atoms with van der Waals surface area (Å²) in [5.74, 6) is 0. The minimum atomic E-state index is 0.996. The molecule has 0 aliphatic rings. The number of nitrogens with two attached hydrogens (primary N) is 1. The second-order valence-electron chi connectivity index (χ2n) is 21.4. The molecule has 414 valence electrons. The molecule has 1 heteroatoms. The Morgan fingerprint density at radius 2 is 0.375 bits per heavy atom. The lowest BCUT2D eigenvalue weighted by molar-refractivity contribution is 0.719. The van der Waals surface area contributed by atoms with Crippen LogP contribution in [0.4, 0.5) is 0 Å². The molecule has 0 aliphatic heterocycles. The summed E-state index contributed by atoms with van der Waals surface area (Å²) in [6.45, 7) is 26.0. The molecule has 1 nitrogen and oxygen atoms in total. The third-order valence-electron chi connectivity index (χ3n) is 14.4. The SMILES string of the molecule is CCCCCC=C(C)C(=CCCCCC)C(=CCCCCC)C(=CCCCCC)C(=CCCCCC)C(=CCCCCC)C(=CCCCCC)C(=CCCCCC)C(=CCCCCC)C(N)=CCCCCC. The number of hydrogen-bond acceptors (Lipinski definition) is 1. The van der Waals surface area contributed by atoms with Gasteiger partial charge in [0.2, 0.25) is 0 Å². The van der Waals surface area contributed by atoms with E-state index in [0.29, 0.717) is 0 Å². The van der Waals surface area contributed by atoms with Crippen LogP contribution in [-0.4, -0.2) is 0 Å². The summed E-state index contributed by atoms with van der Waals surface area (Å²) in [7, 11) is 0. The minimum Gasteiger partial charge on any atom is -0.398 e. The fourth-order valence-electron chi connectivity index (χ4n) is 9.77. The van der Waals surface area contributed by atoms with Gasteiger partial charge in [-0.2, -0.15) is 0 Å². The Bertz CT molecular complexity index is 1490. The smallest absolute Gasteiger partial charge is 0.0350 e. The maximum atomic E-state index is 7.53. The first-order valence-electron chi connectivity index (χ1n) is 32.1. The highest BCUT2D eigenvalue weighted by atomic mass is 14.6. The van der Waals surface area contributed by atoms with E-state index in [0.717, 1.165) is 69.9 Å². The van der Waals surface area contributed by atoms with E-state index in [1.54, 1.807) is 0 Å². The Morgan fingerprint density at radius 1 is 0.208 bits per heavy atom. The van der Waals surface area contributed by atoms with Gasteiger partial charge in [0.15, 0.2) is 0 Å². The van der Waals surface area contributed by atoms with Crippen molar-refractivity contribution in [3.63, 3.8) is 0 Å². The second-order valence-corrected chi connectivity index (χ2v) is 21.4. The molecule has 0 heterocycles. The number of hydrogen-bond donors (Lipinski definition) is 1. The molecule has 0 unspecified atom stereocenters. The van der Waals surface area contributed by atoms with Crippen molar-refractivity contribution in [2.24, 2.45) is 5.73 Å². The first-order chi connectivity index (χ1) is 35.3. The zero-order valence-electron chi connectivity index (χ0n) is 50.6. The molecule has 2 N–H and O–H groups in total. The van der Waals surface area contributed by atoms with Crippen LogP contribution in [0.25, 0.3) is 0 Å². The van der Waals surface area contributed by atoms with Crippen LogP contribution < -0.4 is 5.73 Å². The lowest BCUT2D eigenvalue weighted by atomic mass is 9.77. The van der Waals surface area contributed by atoms with Gasteiger partial charge in [-0.3, -0.25) is 0 Å². The maximum absolute atomic E-state index is 7.53. The highest BCUT2D eigenvalue weighted by Gasteiger charge is 2.25. The molecule has 0 spiro atoms. The van der Waals surface area contributed by atoms with Crippen LogP contribution in [0.1, 0.15) is 333 Å². The molecule has 0 aromatic rings. The molecule has 0 bridgehead atoms. The van der Waals surface area contributed by atoms with Gasteiger partial charge in [-0.1, -0.05) is 258 Å². The zero-order chi connectivity index (χ0) is 53.1. The molecule has 0 saturated heterocycles. The third-order valence-corrected chi connectivity index (χ3v) is 14.4. The zero-order valence-corrected chi connectivity index (χ0v) is 50.6. The normalized spacial score (nSPS) is 14.4. The lowest BCUT2D eigenvalue weighted by Crippen LogP contribution is -2.11. The van der Waals surface area contributed by atoms with Crippen molar-refractivity contribution < 1.29 is 0 Å². The van der Waals surface area contributed by atoms with Crippen molar-refractivity contribution in [3.05, 3.63) is 117 Å². The van der Waals surface area contributed by atoms with Crippen LogP contribution in [0.5, 0.6) is 0 Å². The van der Waals surface area contributed by atoms with Gasteiger partial charge in [-0.15, -0.1) is 0 Å². The molecule has 0 aromatic heterocycles. The number of rotatable bonds is 49. The molecule has 0 aliphatic carbocycles. The molecule has 0 aromatic carbocycles. The fourth-order valence-corrected chi connectivity index (χ4v) is 9.77. The van der Waals surface area contributed by atoms with E-state index in [4.69, 9.17) is 5.73 Å². The highest BCUT2D eigenvalue weighted by Crippen LogP contribution is 2.42. The molecule has 72 heavy (non-hydrogen) atoms. The molecule has 0 atom stereocenters. The van der Waals surface area contributed by atoms with Crippen molar-refractivity contribution >= 4 is 0 Å². The standard InChI is InChI=1S/C71H125N/c1-12-22-32-42-52-62(11)63(53-43-33-23-13-2)64(54-44-34-24-14-3)65(55-45-35-25-15-4)66(56-46-36-26-16-5)67(57-47-37-27-17-6)68(58-48-38-28-18-7)69(59-49-39-29-19-8)70(60-50-40-30-20-9)71(72)61-51-41-31-21-10/h52-61H,12-51,72H2,1-11H3. The van der Waals surface area contributed by atoms with Gasteiger partial charge in [0.05, 0.1) is 0 Å². The highest BCUT2D eigenvalue weighted by molar-refractivity contribution is 5.73. The molecular formula is C71H125N. The van der Waals surface area contributed by atoms with E-state index >= 15 is 0 Å². The van der Waals surface area contributed by atoms with E-state index in [9.17, 15) is 0 Å². The Kier molecular flexibility index (Phi) is 49.7. The van der Waals surface area contributed by atoms with Crippen LogP contribution in [0.3, 0.4) is 0 Å².